The van der Waals surface area contributed by atoms with Gasteiger partial charge >= 0.3 is 0 Å². The molecule has 6 rings (SSSR count). The van der Waals surface area contributed by atoms with Crippen molar-refractivity contribution in [2.24, 2.45) is 0 Å². The van der Waals surface area contributed by atoms with Crippen LogP contribution in [0.5, 0.6) is 0 Å². The molecule has 2 aliphatic heterocycles. The number of furan rings is 1. The predicted octanol–water partition coefficient (Wildman–Crippen LogP) is 6.26. The molecule has 1 saturated carbocycles. The van der Waals surface area contributed by atoms with Crippen LogP contribution in [0.4, 0.5) is 0 Å². The van der Waals surface area contributed by atoms with E-state index in [0.717, 1.165) is 16.4 Å². The van der Waals surface area contributed by atoms with Gasteiger partial charge in [0, 0.05) is 29.3 Å². The van der Waals surface area contributed by atoms with Crippen LogP contribution in [0.25, 0.3) is 0 Å². The normalized spacial score (nSPS) is 28.6. The van der Waals surface area contributed by atoms with Gasteiger partial charge in [0.15, 0.2) is 11.6 Å². The van der Waals surface area contributed by atoms with Gasteiger partial charge < -0.3 is 4.42 Å². The number of carbonyl (C=O) groups excluding carboxylic acids is 2. The van der Waals surface area contributed by atoms with Crippen LogP contribution in [0.3, 0.4) is 0 Å². The molecule has 0 saturated heterocycles. The number of Topliss-reactive ketones (excluding diaryl/α,β-unsaturated/α-hetero) is 2. The number of ketones is 2. The highest BCUT2D eigenvalue weighted by molar-refractivity contribution is 8.41. The number of thioether (sulfide) groups is 4. The van der Waals surface area contributed by atoms with Crippen molar-refractivity contribution in [2.75, 3.05) is 0 Å². The Hall–Kier alpha value is -1.28. The first-order valence-electron chi connectivity index (χ1n) is 9.52. The monoisotopic (exact) mass is 456 g/mol. The predicted molar refractivity (Wildman–Crippen MR) is 122 cm³/mol. The van der Waals surface area contributed by atoms with Gasteiger partial charge in [-0.2, -0.15) is 0 Å². The van der Waals surface area contributed by atoms with Crippen molar-refractivity contribution in [2.45, 2.75) is 35.7 Å². The fraction of sp³-hybridized carbons (Fsp3) is 0.273. The summed E-state index contributed by atoms with van der Waals surface area (Å²) in [4.78, 5) is 25.8. The zero-order chi connectivity index (χ0) is 19.5. The first-order valence-corrected chi connectivity index (χ1v) is 12.9. The third kappa shape index (κ3) is 3.09. The van der Waals surface area contributed by atoms with Crippen molar-refractivity contribution < 1.29 is 14.0 Å². The maximum Gasteiger partial charge on any atom is 0.168 e. The molecular weight excluding hydrogens is 441 g/mol. The molecule has 146 valence electrons. The number of hydrogen-bond donors (Lipinski definition) is 0. The number of carbonyl (C=O) groups is 2. The Morgan fingerprint density at radius 1 is 0.828 bits per heavy atom. The second kappa shape index (κ2) is 7.15. The van der Waals surface area contributed by atoms with E-state index in [9.17, 15) is 9.59 Å². The molecule has 2 atom stereocenters. The van der Waals surface area contributed by atoms with Gasteiger partial charge in [-0.05, 0) is 29.7 Å². The van der Waals surface area contributed by atoms with E-state index in [4.69, 9.17) is 4.42 Å². The molecule has 1 fully saturated rings. The first kappa shape index (κ1) is 18.5. The van der Waals surface area contributed by atoms with Crippen molar-refractivity contribution in [3.63, 3.8) is 0 Å². The largest absolute Gasteiger partial charge is 0.469 e. The van der Waals surface area contributed by atoms with Gasteiger partial charge in [-0.15, -0.1) is 23.5 Å². The third-order valence-electron chi connectivity index (χ3n) is 5.72. The van der Waals surface area contributed by atoms with Crippen molar-refractivity contribution in [1.29, 1.82) is 0 Å². The summed E-state index contributed by atoms with van der Waals surface area (Å²) in [6.45, 7) is 0. The fourth-order valence-corrected chi connectivity index (χ4v) is 11.3. The van der Waals surface area contributed by atoms with Crippen LogP contribution in [0.15, 0.2) is 65.4 Å². The molecule has 7 heteroatoms. The third-order valence-corrected chi connectivity index (χ3v) is 12.0. The Morgan fingerprint density at radius 2 is 1.59 bits per heavy atom. The molecule has 0 amide bonds. The molecule has 1 aromatic heterocycles. The van der Waals surface area contributed by atoms with E-state index < -0.39 is 0 Å². The Balaban J connectivity index is 1.24. The lowest BCUT2D eigenvalue weighted by molar-refractivity contribution is -0.124. The summed E-state index contributed by atoms with van der Waals surface area (Å²) in [5, 5.41) is 1.00. The van der Waals surface area contributed by atoms with Crippen LogP contribution < -0.4 is 0 Å². The lowest BCUT2D eigenvalue weighted by Gasteiger charge is -2.25. The Morgan fingerprint density at radius 3 is 2.34 bits per heavy atom. The van der Waals surface area contributed by atoms with Gasteiger partial charge in [-0.25, -0.2) is 0 Å². The van der Waals surface area contributed by atoms with Gasteiger partial charge in [0.2, 0.25) is 0 Å². The summed E-state index contributed by atoms with van der Waals surface area (Å²) in [7, 11) is 0. The number of allylic oxidation sites excluding steroid dienone is 1. The van der Waals surface area contributed by atoms with E-state index in [2.05, 4.69) is 24.3 Å². The molecule has 1 aromatic carbocycles. The van der Waals surface area contributed by atoms with Crippen LogP contribution in [0, 0.1) is 0 Å². The van der Waals surface area contributed by atoms with E-state index >= 15 is 0 Å². The summed E-state index contributed by atoms with van der Waals surface area (Å²) in [5.74, 6) is 0.515. The van der Waals surface area contributed by atoms with Crippen molar-refractivity contribution in [3.8, 4) is 0 Å². The first-order chi connectivity index (χ1) is 14.2. The average Bonchev–Trinajstić information content (AvgIpc) is 3.43. The Kier molecular flexibility index (Phi) is 4.56. The molecule has 0 bridgehead atoms. The fourth-order valence-electron chi connectivity index (χ4n) is 4.37. The highest BCUT2D eigenvalue weighted by atomic mass is 32.3. The van der Waals surface area contributed by atoms with Gasteiger partial charge in [-0.3, -0.25) is 9.59 Å². The quantitative estimate of drug-likeness (QED) is 0.371. The van der Waals surface area contributed by atoms with Gasteiger partial charge in [-0.1, -0.05) is 47.8 Å². The minimum Gasteiger partial charge on any atom is -0.469 e. The van der Waals surface area contributed by atoms with E-state index in [1.807, 2.05) is 35.7 Å². The molecule has 0 unspecified atom stereocenters. The van der Waals surface area contributed by atoms with Gasteiger partial charge in [0.05, 0.1) is 24.5 Å². The number of rotatable bonds is 1. The molecule has 2 aromatic rings. The topological polar surface area (TPSA) is 47.3 Å². The van der Waals surface area contributed by atoms with Crippen LogP contribution >= 0.6 is 47.0 Å². The lowest BCUT2D eigenvalue weighted by Crippen LogP contribution is -2.25. The molecular formula is C22H16O3S4. The SMILES string of the molecule is O=C1CC(c2ccco2)CC(=O)C1=C1SC2=C(S1)S[C@@H]1Cc3ccccc3[C@H]1S2. The minimum absolute atomic E-state index is 0.0435. The molecule has 4 aliphatic rings. The second-order valence-corrected chi connectivity index (χ2v) is 12.7. The van der Waals surface area contributed by atoms with Crippen LogP contribution in [0.2, 0.25) is 0 Å². The van der Waals surface area contributed by atoms with Crippen molar-refractivity contribution in [3.05, 3.63) is 77.8 Å². The smallest absolute Gasteiger partial charge is 0.168 e. The summed E-state index contributed by atoms with van der Waals surface area (Å²) < 4.78 is 8.85. The molecule has 0 N–H and O–H groups in total. The highest BCUT2D eigenvalue weighted by Gasteiger charge is 2.44. The van der Waals surface area contributed by atoms with E-state index in [1.165, 1.54) is 19.6 Å². The Bertz CT molecular complexity index is 1080. The second-order valence-electron chi connectivity index (χ2n) is 7.51. The van der Waals surface area contributed by atoms with Crippen molar-refractivity contribution in [1.82, 2.24) is 0 Å². The summed E-state index contributed by atoms with van der Waals surface area (Å²) in [5.41, 5.74) is 3.32. The zero-order valence-electron chi connectivity index (χ0n) is 15.3. The van der Waals surface area contributed by atoms with Gasteiger partial charge in [0.1, 0.15) is 5.76 Å². The van der Waals surface area contributed by atoms with Crippen LogP contribution in [-0.4, -0.2) is 16.8 Å². The lowest BCUT2D eigenvalue weighted by atomic mass is 9.83. The van der Waals surface area contributed by atoms with E-state index in [0.29, 0.717) is 28.9 Å². The molecule has 29 heavy (non-hydrogen) atoms. The number of benzene rings is 1. The maximum absolute atomic E-state index is 12.9. The van der Waals surface area contributed by atoms with E-state index in [1.54, 1.807) is 29.8 Å². The zero-order valence-corrected chi connectivity index (χ0v) is 18.5. The minimum atomic E-state index is -0.132. The maximum atomic E-state index is 12.9. The molecule has 3 heterocycles. The highest BCUT2D eigenvalue weighted by Crippen LogP contribution is 2.68. The molecule has 0 spiro atoms. The average molecular weight is 457 g/mol. The van der Waals surface area contributed by atoms with Crippen LogP contribution in [-0.2, 0) is 16.0 Å². The standard InChI is InChI=1S/C22H16O3S4/c23-14-8-12(16-6-3-7-25-16)9-15(24)18(14)20-28-21-22(29-20)27-19-13-5-2-1-4-11(13)10-17(19)26-21/h1-7,12,17,19H,8-10H2/t12?,17-,19-/m1/s1. The van der Waals surface area contributed by atoms with Crippen molar-refractivity contribution >= 4 is 58.6 Å². The number of fused-ring (bicyclic) bond motifs is 3. The van der Waals surface area contributed by atoms with E-state index in [-0.39, 0.29) is 17.5 Å². The summed E-state index contributed by atoms with van der Waals surface area (Å²) >= 11 is 7.10. The van der Waals surface area contributed by atoms with Crippen LogP contribution in [0.1, 0.15) is 40.9 Å². The Labute approximate surface area is 185 Å². The summed E-state index contributed by atoms with van der Waals surface area (Å²) in [6, 6.07) is 12.4. The molecule has 2 aliphatic carbocycles. The van der Waals surface area contributed by atoms with Gasteiger partial charge in [0.25, 0.3) is 0 Å². The number of hydrogen-bond acceptors (Lipinski definition) is 7. The summed E-state index contributed by atoms with van der Waals surface area (Å²) in [6.07, 6.45) is 3.39. The molecule has 3 nitrogen and oxygen atoms in total. The molecule has 0 radical (unpaired) electrons.